The molecule has 2 aliphatic heterocycles. The second kappa shape index (κ2) is 9.73. The summed E-state index contributed by atoms with van der Waals surface area (Å²) in [4.78, 5) is 31.9. The first-order valence-electron chi connectivity index (χ1n) is 9.93. The van der Waals surface area contributed by atoms with Gasteiger partial charge in [0.05, 0.1) is 6.61 Å². The van der Waals surface area contributed by atoms with Gasteiger partial charge in [-0.25, -0.2) is 9.18 Å². The zero-order valence-corrected chi connectivity index (χ0v) is 16.5. The van der Waals surface area contributed by atoms with E-state index in [9.17, 15) is 14.0 Å². The van der Waals surface area contributed by atoms with Crippen LogP contribution in [-0.2, 0) is 4.79 Å². The molecule has 0 aromatic heterocycles. The summed E-state index contributed by atoms with van der Waals surface area (Å²) in [5.41, 5.74) is 0. The van der Waals surface area contributed by atoms with E-state index in [4.69, 9.17) is 4.74 Å². The molecule has 2 saturated heterocycles. The standard InChI is InChI=1S/C20H29FN4O3/c1-17(26)23-12-14-25(15-13-23)20(27)24-10-8-22(9-11-24)7-2-16-28-19-5-3-18(21)4-6-19/h3-6H,2,7-16H2,1H3. The van der Waals surface area contributed by atoms with Crippen molar-refractivity contribution in [3.05, 3.63) is 30.1 Å². The van der Waals surface area contributed by atoms with Crippen LogP contribution in [0.4, 0.5) is 9.18 Å². The largest absolute Gasteiger partial charge is 0.494 e. The summed E-state index contributed by atoms with van der Waals surface area (Å²) in [5, 5.41) is 0. The predicted molar refractivity (Wildman–Crippen MR) is 104 cm³/mol. The Morgan fingerprint density at radius 2 is 1.43 bits per heavy atom. The number of ether oxygens (including phenoxy) is 1. The van der Waals surface area contributed by atoms with E-state index in [-0.39, 0.29) is 17.8 Å². The van der Waals surface area contributed by atoms with E-state index in [0.29, 0.717) is 38.5 Å². The van der Waals surface area contributed by atoms with Gasteiger partial charge in [0.1, 0.15) is 11.6 Å². The molecule has 0 atom stereocenters. The first kappa shape index (κ1) is 20.4. The summed E-state index contributed by atoms with van der Waals surface area (Å²) < 4.78 is 18.5. The van der Waals surface area contributed by atoms with Gasteiger partial charge in [-0.3, -0.25) is 9.69 Å². The molecule has 154 valence electrons. The predicted octanol–water partition coefficient (Wildman–Crippen LogP) is 1.50. The fraction of sp³-hybridized carbons (Fsp3) is 0.600. The highest BCUT2D eigenvalue weighted by Crippen LogP contribution is 2.12. The summed E-state index contributed by atoms with van der Waals surface area (Å²) >= 11 is 0. The Morgan fingerprint density at radius 3 is 2.00 bits per heavy atom. The maximum atomic E-state index is 12.9. The third-order valence-corrected chi connectivity index (χ3v) is 5.34. The zero-order chi connectivity index (χ0) is 19.9. The minimum Gasteiger partial charge on any atom is -0.494 e. The van der Waals surface area contributed by atoms with Gasteiger partial charge >= 0.3 is 6.03 Å². The van der Waals surface area contributed by atoms with Crippen molar-refractivity contribution in [1.29, 1.82) is 0 Å². The van der Waals surface area contributed by atoms with Crippen molar-refractivity contribution in [2.24, 2.45) is 0 Å². The molecule has 7 nitrogen and oxygen atoms in total. The van der Waals surface area contributed by atoms with Gasteiger partial charge in [-0.05, 0) is 30.7 Å². The summed E-state index contributed by atoms with van der Waals surface area (Å²) in [6.45, 7) is 8.70. The van der Waals surface area contributed by atoms with E-state index < -0.39 is 0 Å². The quantitative estimate of drug-likeness (QED) is 0.713. The number of nitrogens with zero attached hydrogens (tertiary/aromatic N) is 4. The van der Waals surface area contributed by atoms with E-state index in [2.05, 4.69) is 4.90 Å². The molecule has 2 aliphatic rings. The van der Waals surface area contributed by atoms with Crippen molar-refractivity contribution in [1.82, 2.24) is 19.6 Å². The number of benzene rings is 1. The first-order valence-corrected chi connectivity index (χ1v) is 9.93. The third-order valence-electron chi connectivity index (χ3n) is 5.34. The molecule has 0 aliphatic carbocycles. The number of rotatable bonds is 5. The molecule has 1 aromatic carbocycles. The second-order valence-corrected chi connectivity index (χ2v) is 7.26. The molecule has 3 amide bonds. The Balaban J connectivity index is 1.31. The molecule has 8 heteroatoms. The minimum absolute atomic E-state index is 0.0733. The zero-order valence-electron chi connectivity index (χ0n) is 16.5. The van der Waals surface area contributed by atoms with Gasteiger partial charge in [0.15, 0.2) is 0 Å². The van der Waals surface area contributed by atoms with E-state index >= 15 is 0 Å². The lowest BCUT2D eigenvalue weighted by Crippen LogP contribution is -2.57. The second-order valence-electron chi connectivity index (χ2n) is 7.26. The maximum absolute atomic E-state index is 12.9. The van der Waals surface area contributed by atoms with Gasteiger partial charge < -0.3 is 19.4 Å². The number of carbonyl (C=O) groups excluding carboxylic acids is 2. The van der Waals surface area contributed by atoms with Gasteiger partial charge in [-0.2, -0.15) is 0 Å². The molecule has 2 heterocycles. The SMILES string of the molecule is CC(=O)N1CCN(C(=O)N2CCN(CCCOc3ccc(F)cc3)CC2)CC1. The molecular weight excluding hydrogens is 363 g/mol. The normalized spacial score (nSPS) is 18.3. The van der Waals surface area contributed by atoms with Crippen molar-refractivity contribution in [3.8, 4) is 5.75 Å². The first-order chi connectivity index (χ1) is 13.5. The third kappa shape index (κ3) is 5.58. The highest BCUT2D eigenvalue weighted by atomic mass is 19.1. The Kier molecular flexibility index (Phi) is 7.08. The number of piperazine rings is 2. The van der Waals surface area contributed by atoms with Crippen LogP contribution in [0.3, 0.4) is 0 Å². The number of amides is 3. The van der Waals surface area contributed by atoms with Gasteiger partial charge in [-0.1, -0.05) is 0 Å². The van der Waals surface area contributed by atoms with Crippen LogP contribution in [0.1, 0.15) is 13.3 Å². The van der Waals surface area contributed by atoms with Crippen molar-refractivity contribution >= 4 is 11.9 Å². The number of hydrogen-bond acceptors (Lipinski definition) is 4. The smallest absolute Gasteiger partial charge is 0.320 e. The highest BCUT2D eigenvalue weighted by molar-refractivity contribution is 5.76. The van der Waals surface area contributed by atoms with Gasteiger partial charge in [0.2, 0.25) is 5.91 Å². The molecule has 3 rings (SSSR count). The number of hydrogen-bond donors (Lipinski definition) is 0. The van der Waals surface area contributed by atoms with Crippen LogP contribution in [0.15, 0.2) is 24.3 Å². The summed E-state index contributed by atoms with van der Waals surface area (Å²) in [5.74, 6) is 0.492. The number of urea groups is 1. The molecule has 0 bridgehead atoms. The van der Waals surface area contributed by atoms with E-state index in [1.165, 1.54) is 12.1 Å². The molecule has 0 saturated carbocycles. The van der Waals surface area contributed by atoms with Crippen molar-refractivity contribution in [3.63, 3.8) is 0 Å². The van der Waals surface area contributed by atoms with Gasteiger partial charge in [0, 0.05) is 65.8 Å². The Morgan fingerprint density at radius 1 is 0.893 bits per heavy atom. The fourth-order valence-corrected chi connectivity index (χ4v) is 3.58. The van der Waals surface area contributed by atoms with Crippen LogP contribution < -0.4 is 4.74 Å². The lowest BCUT2D eigenvalue weighted by molar-refractivity contribution is -0.130. The fourth-order valence-electron chi connectivity index (χ4n) is 3.58. The maximum Gasteiger partial charge on any atom is 0.320 e. The molecule has 0 radical (unpaired) electrons. The average Bonchev–Trinajstić information content (AvgIpc) is 2.72. The summed E-state index contributed by atoms with van der Waals surface area (Å²) in [7, 11) is 0. The van der Waals surface area contributed by atoms with E-state index in [1.54, 1.807) is 24.0 Å². The number of carbonyl (C=O) groups is 2. The average molecular weight is 392 g/mol. The summed E-state index contributed by atoms with van der Waals surface area (Å²) in [6, 6.07) is 6.14. The van der Waals surface area contributed by atoms with E-state index in [1.807, 2.05) is 9.80 Å². The molecular formula is C20H29FN4O3. The molecule has 2 fully saturated rings. The van der Waals surface area contributed by atoms with Crippen molar-refractivity contribution < 1.29 is 18.7 Å². The monoisotopic (exact) mass is 392 g/mol. The van der Waals surface area contributed by atoms with Crippen LogP contribution in [0.25, 0.3) is 0 Å². The number of halogens is 1. The lowest BCUT2D eigenvalue weighted by Gasteiger charge is -2.40. The van der Waals surface area contributed by atoms with Gasteiger partial charge in [-0.15, -0.1) is 0 Å². The summed E-state index contributed by atoms with van der Waals surface area (Å²) in [6.07, 6.45) is 0.887. The van der Waals surface area contributed by atoms with Crippen LogP contribution in [0.2, 0.25) is 0 Å². The van der Waals surface area contributed by atoms with Crippen molar-refractivity contribution in [2.45, 2.75) is 13.3 Å². The van der Waals surface area contributed by atoms with Crippen LogP contribution in [-0.4, -0.2) is 97.0 Å². The molecule has 0 N–H and O–H groups in total. The van der Waals surface area contributed by atoms with Crippen LogP contribution in [0.5, 0.6) is 5.75 Å². The molecule has 1 aromatic rings. The minimum atomic E-state index is -0.263. The Labute approximate surface area is 165 Å². The highest BCUT2D eigenvalue weighted by Gasteiger charge is 2.28. The van der Waals surface area contributed by atoms with Gasteiger partial charge in [0.25, 0.3) is 0 Å². The molecule has 0 spiro atoms. The topological polar surface area (TPSA) is 56.3 Å². The lowest BCUT2D eigenvalue weighted by atomic mass is 10.2. The molecule has 28 heavy (non-hydrogen) atoms. The van der Waals surface area contributed by atoms with E-state index in [0.717, 1.165) is 39.1 Å². The molecule has 0 unspecified atom stereocenters. The van der Waals surface area contributed by atoms with Crippen LogP contribution in [0, 0.1) is 5.82 Å². The Hall–Kier alpha value is -2.35. The van der Waals surface area contributed by atoms with Crippen LogP contribution >= 0.6 is 0 Å². The van der Waals surface area contributed by atoms with Crippen molar-refractivity contribution in [2.75, 3.05) is 65.5 Å². The Bertz CT molecular complexity index is 654.